The summed E-state index contributed by atoms with van der Waals surface area (Å²) in [7, 11) is 0. The lowest BCUT2D eigenvalue weighted by Gasteiger charge is -2.53. The van der Waals surface area contributed by atoms with Crippen LogP contribution in [0.5, 0.6) is 0 Å². The van der Waals surface area contributed by atoms with Gasteiger partial charge in [0.1, 0.15) is 26.2 Å². The molecule has 2 aromatic heterocycles. The zero-order chi connectivity index (χ0) is 28.7. The highest BCUT2D eigenvalue weighted by atomic mass is 35.5. The number of carboxylic acid groups (broad SMARTS) is 1. The Morgan fingerprint density at radius 2 is 2.18 bits per heavy atom. The number of halogens is 1. The van der Waals surface area contributed by atoms with Crippen molar-refractivity contribution >= 4 is 93.3 Å². The van der Waals surface area contributed by atoms with E-state index in [1.807, 2.05) is 6.92 Å². The topological polar surface area (TPSA) is 214 Å². The van der Waals surface area contributed by atoms with Crippen molar-refractivity contribution in [3.05, 3.63) is 34.1 Å². The highest BCUT2D eigenvalue weighted by Crippen LogP contribution is 2.47. The zero-order valence-electron chi connectivity index (χ0n) is 20.3. The second kappa shape index (κ2) is 13.6. The average Bonchev–Trinajstić information content (AvgIpc) is 3.24. The molecule has 0 aromatic carbocycles. The van der Waals surface area contributed by atoms with Crippen molar-refractivity contribution in [1.29, 1.82) is 0 Å². The quantitative estimate of drug-likeness (QED) is 0.0869. The van der Waals surface area contributed by atoms with Crippen LogP contribution in [0.2, 0.25) is 4.34 Å². The first-order valence-electron chi connectivity index (χ1n) is 11.1. The SMILES string of the molecule is CCSCc1cnccc1SC1(C(=O)O)CS[C@@H]2[C@H](NC(=O)C(=NO)c3nc(N)sc3Cl)C(=O)N2C1.NC=O. The maximum absolute atomic E-state index is 12.9. The Kier molecular flexibility index (Phi) is 10.7. The number of nitrogens with one attached hydrogen (secondary N) is 1. The summed E-state index contributed by atoms with van der Waals surface area (Å²) in [5, 5.41) is 24.7. The number of anilines is 1. The number of thioether (sulfide) groups is 3. The van der Waals surface area contributed by atoms with Crippen LogP contribution in [0, 0.1) is 0 Å². The smallest absolute Gasteiger partial charge is 0.322 e. The van der Waals surface area contributed by atoms with Gasteiger partial charge in [0.15, 0.2) is 10.8 Å². The van der Waals surface area contributed by atoms with E-state index in [4.69, 9.17) is 22.1 Å². The van der Waals surface area contributed by atoms with Gasteiger partial charge in [0.25, 0.3) is 5.91 Å². The first-order valence-corrected chi connectivity index (χ1v) is 15.3. The summed E-state index contributed by atoms with van der Waals surface area (Å²) in [6, 6.07) is 0.883. The second-order valence-corrected chi connectivity index (χ2v) is 13.3. The number of hydrogen-bond donors (Lipinski definition) is 5. The molecule has 2 fully saturated rings. The number of rotatable bonds is 9. The fraction of sp³-hybridized carbons (Fsp3) is 0.381. The number of thiazole rings is 1. The van der Waals surface area contributed by atoms with Crippen LogP contribution in [0.15, 0.2) is 28.5 Å². The summed E-state index contributed by atoms with van der Waals surface area (Å²) < 4.78 is -1.19. The molecule has 13 nitrogen and oxygen atoms in total. The maximum Gasteiger partial charge on any atom is 0.322 e. The number of nitrogens with zero attached hydrogens (tertiary/aromatic N) is 4. The van der Waals surface area contributed by atoms with Gasteiger partial charge >= 0.3 is 5.97 Å². The predicted octanol–water partition coefficient (Wildman–Crippen LogP) is 1.32. The number of aliphatic carboxylic acids is 1. The lowest BCUT2D eigenvalue weighted by molar-refractivity contribution is -0.151. The van der Waals surface area contributed by atoms with E-state index < -0.39 is 39.7 Å². The number of carboxylic acids is 1. The molecule has 210 valence electrons. The van der Waals surface area contributed by atoms with E-state index >= 15 is 0 Å². The third kappa shape index (κ3) is 6.71. The minimum atomic E-state index is -1.26. The van der Waals surface area contributed by atoms with Gasteiger partial charge in [0.2, 0.25) is 12.3 Å². The number of nitrogens with two attached hydrogens (primary N) is 2. The molecule has 39 heavy (non-hydrogen) atoms. The Labute approximate surface area is 244 Å². The maximum atomic E-state index is 12.9. The predicted molar refractivity (Wildman–Crippen MR) is 152 cm³/mol. The van der Waals surface area contributed by atoms with Crippen LogP contribution in [0.25, 0.3) is 0 Å². The van der Waals surface area contributed by atoms with Gasteiger partial charge in [-0.05, 0) is 17.4 Å². The van der Waals surface area contributed by atoms with Crippen molar-refractivity contribution in [2.24, 2.45) is 10.9 Å². The number of β-lactam (4-membered cyclic amide) rings is 1. The molecule has 18 heteroatoms. The Morgan fingerprint density at radius 3 is 2.77 bits per heavy atom. The number of aromatic nitrogens is 2. The number of fused-ring (bicyclic) bond motifs is 1. The number of carbonyl (C=O) groups excluding carboxylic acids is 3. The lowest BCUT2D eigenvalue weighted by atomic mass is 10.0. The largest absolute Gasteiger partial charge is 0.480 e. The summed E-state index contributed by atoms with van der Waals surface area (Å²) in [6.45, 7) is 2.03. The average molecular weight is 634 g/mol. The van der Waals surface area contributed by atoms with Gasteiger partial charge in [0, 0.05) is 35.3 Å². The molecule has 3 atom stereocenters. The summed E-state index contributed by atoms with van der Waals surface area (Å²) in [5.41, 5.74) is 10.1. The van der Waals surface area contributed by atoms with E-state index in [-0.39, 0.29) is 33.9 Å². The van der Waals surface area contributed by atoms with E-state index in [9.17, 15) is 24.7 Å². The number of primary amides is 1. The third-order valence-corrected chi connectivity index (χ3v) is 10.7. The van der Waals surface area contributed by atoms with Gasteiger partial charge in [-0.3, -0.25) is 24.2 Å². The summed E-state index contributed by atoms with van der Waals surface area (Å²) >= 11 is 11.1. The molecule has 0 saturated carbocycles. The second-order valence-electron chi connectivity index (χ2n) is 7.90. The summed E-state index contributed by atoms with van der Waals surface area (Å²) in [6.07, 6.45) is 3.61. The molecule has 1 unspecified atom stereocenters. The van der Waals surface area contributed by atoms with Crippen LogP contribution in [0.3, 0.4) is 0 Å². The minimum Gasteiger partial charge on any atom is -0.480 e. The number of pyridine rings is 1. The van der Waals surface area contributed by atoms with Crippen molar-refractivity contribution < 1.29 is 29.5 Å². The molecule has 4 heterocycles. The van der Waals surface area contributed by atoms with Crippen LogP contribution in [0.4, 0.5) is 5.13 Å². The molecule has 4 rings (SSSR count). The van der Waals surface area contributed by atoms with E-state index in [0.717, 1.165) is 27.5 Å². The van der Waals surface area contributed by atoms with Gasteiger partial charge in [-0.2, -0.15) is 11.8 Å². The van der Waals surface area contributed by atoms with Crippen LogP contribution in [-0.2, 0) is 24.9 Å². The number of nitrogen functional groups attached to an aromatic ring is 1. The molecule has 2 aromatic rings. The molecule has 2 aliphatic rings. The first kappa shape index (κ1) is 30.8. The monoisotopic (exact) mass is 633 g/mol. The van der Waals surface area contributed by atoms with E-state index in [1.165, 1.54) is 28.4 Å². The fourth-order valence-electron chi connectivity index (χ4n) is 3.70. The number of hydrogen-bond acceptors (Lipinski definition) is 13. The van der Waals surface area contributed by atoms with Gasteiger partial charge in [-0.15, -0.1) is 23.5 Å². The Hall–Kier alpha value is -2.73. The molecular weight excluding hydrogens is 610 g/mol. The highest BCUT2D eigenvalue weighted by molar-refractivity contribution is 8.05. The van der Waals surface area contributed by atoms with Crippen molar-refractivity contribution in [3.63, 3.8) is 0 Å². The Bertz CT molecular complexity index is 1280. The minimum absolute atomic E-state index is 0.0199. The van der Waals surface area contributed by atoms with Crippen LogP contribution in [-0.4, -0.2) is 89.3 Å². The van der Waals surface area contributed by atoms with Crippen molar-refractivity contribution in [2.45, 2.75) is 33.7 Å². The molecule has 2 saturated heterocycles. The van der Waals surface area contributed by atoms with Crippen molar-refractivity contribution in [1.82, 2.24) is 20.2 Å². The molecule has 0 spiro atoms. The van der Waals surface area contributed by atoms with Crippen molar-refractivity contribution in [2.75, 3.05) is 23.8 Å². The van der Waals surface area contributed by atoms with Gasteiger partial charge in [-0.25, -0.2) is 4.98 Å². The first-order chi connectivity index (χ1) is 18.6. The molecule has 0 aliphatic carbocycles. The molecule has 2 aliphatic heterocycles. The lowest BCUT2D eigenvalue weighted by Crippen LogP contribution is -2.74. The molecule has 7 N–H and O–H groups in total. The molecular formula is C21H24ClN7O6S4. The molecule has 3 amide bonds. The molecule has 0 radical (unpaired) electrons. The van der Waals surface area contributed by atoms with E-state index in [1.54, 1.807) is 30.2 Å². The Balaban J connectivity index is 0.00000134. The van der Waals surface area contributed by atoms with Crippen molar-refractivity contribution in [3.8, 4) is 0 Å². The third-order valence-electron chi connectivity index (χ3n) is 5.50. The molecule has 0 bridgehead atoms. The Morgan fingerprint density at radius 1 is 1.46 bits per heavy atom. The van der Waals surface area contributed by atoms with Crippen LogP contribution in [0.1, 0.15) is 18.2 Å². The summed E-state index contributed by atoms with van der Waals surface area (Å²) in [5.74, 6) is -0.451. The number of amides is 3. The fourth-order valence-corrected chi connectivity index (χ4v) is 8.30. The van der Waals surface area contributed by atoms with E-state index in [2.05, 4.69) is 26.2 Å². The standard InChI is InChI=1S/C20H21ClN6O5S4.CH3NO/c1-2-33-6-9-5-23-4-3-10(9)36-20(18(30)31)7-27-16(29)13(17(27)34-8-20)24-15(28)12(26-32)11-14(21)35-19(22)25-11;2-1-3/h3-5,13,17,32H,2,6-8H2,1H3,(H2,22,25)(H,24,28)(H,30,31);1H,(H2,2,3)/t13-,17-,20?;/m1./s1. The van der Waals surface area contributed by atoms with Gasteiger partial charge in [-0.1, -0.05) is 35.0 Å². The van der Waals surface area contributed by atoms with Gasteiger partial charge in [0.05, 0.1) is 0 Å². The summed E-state index contributed by atoms with van der Waals surface area (Å²) in [4.78, 5) is 57.0. The highest BCUT2D eigenvalue weighted by Gasteiger charge is 2.58. The van der Waals surface area contributed by atoms with E-state index in [0.29, 0.717) is 5.75 Å². The zero-order valence-corrected chi connectivity index (χ0v) is 24.3. The van der Waals surface area contributed by atoms with Crippen LogP contribution < -0.4 is 16.8 Å². The van der Waals surface area contributed by atoms with Crippen LogP contribution >= 0.6 is 58.2 Å². The normalized spacial score (nSPS) is 22.2. The van der Waals surface area contributed by atoms with Gasteiger partial charge < -0.3 is 32.0 Å². The number of oxime groups is 1. The number of carbonyl (C=O) groups is 4.